The van der Waals surface area contributed by atoms with Crippen LogP contribution in [0.25, 0.3) is 5.82 Å². The number of hydrogen-bond donors (Lipinski definition) is 0. The van der Waals surface area contributed by atoms with E-state index in [0.29, 0.717) is 46.9 Å². The minimum absolute atomic E-state index is 0.0467. The molecule has 1 aliphatic carbocycles. The summed E-state index contributed by atoms with van der Waals surface area (Å²) in [5.74, 6) is -1.32. The van der Waals surface area contributed by atoms with Crippen LogP contribution in [0.2, 0.25) is 0 Å². The van der Waals surface area contributed by atoms with Gasteiger partial charge < -0.3 is 9.47 Å². The van der Waals surface area contributed by atoms with Gasteiger partial charge in [-0.05, 0) is 55.3 Å². The molecule has 8 heteroatoms. The first-order valence-electron chi connectivity index (χ1n) is 13.7. The van der Waals surface area contributed by atoms with Crippen molar-refractivity contribution in [3.63, 3.8) is 0 Å². The second-order valence-corrected chi connectivity index (χ2v) is 10.6. The lowest BCUT2D eigenvalue weighted by Crippen LogP contribution is -2.51. The third-order valence-electron chi connectivity index (χ3n) is 8.32. The van der Waals surface area contributed by atoms with Gasteiger partial charge in [0.05, 0.1) is 17.8 Å². The Kier molecular flexibility index (Phi) is 5.91. The van der Waals surface area contributed by atoms with Gasteiger partial charge in [0.1, 0.15) is 28.9 Å². The zero-order valence-corrected chi connectivity index (χ0v) is 22.4. The molecule has 4 aromatic rings. The molecule has 0 unspecified atom stereocenters. The van der Waals surface area contributed by atoms with Gasteiger partial charge in [-0.3, -0.25) is 14.5 Å². The molecule has 0 saturated heterocycles. The number of nitriles is 1. The zero-order valence-electron chi connectivity index (χ0n) is 22.4. The Balaban J connectivity index is 1.57. The summed E-state index contributed by atoms with van der Waals surface area (Å²) in [6.07, 6.45) is 4.69. The number of amides is 1. The maximum Gasteiger partial charge on any atom is 0.248 e. The number of carbonyl (C=O) groups is 2. The number of halogens is 2. The van der Waals surface area contributed by atoms with E-state index in [-0.39, 0.29) is 29.9 Å². The molecule has 1 spiro atoms. The van der Waals surface area contributed by atoms with E-state index in [1.54, 1.807) is 88.6 Å². The lowest BCUT2D eigenvalue weighted by molar-refractivity contribution is -0.124. The van der Waals surface area contributed by atoms with E-state index >= 15 is 0 Å². The van der Waals surface area contributed by atoms with Gasteiger partial charge in [-0.1, -0.05) is 42.5 Å². The first-order chi connectivity index (χ1) is 20.5. The molecule has 1 aromatic heterocycles. The monoisotopic (exact) mass is 558 g/mol. The lowest BCUT2D eigenvalue weighted by atomic mass is 9.63. The Bertz CT molecular complexity index is 1890. The van der Waals surface area contributed by atoms with Crippen molar-refractivity contribution in [2.24, 2.45) is 0 Å². The molecule has 0 saturated carbocycles. The van der Waals surface area contributed by atoms with Crippen LogP contribution in [0.15, 0.2) is 114 Å². The fraction of sp³-hybridized carbons (Fsp3) is 0.147. The molecule has 0 bridgehead atoms. The van der Waals surface area contributed by atoms with Gasteiger partial charge >= 0.3 is 0 Å². The second kappa shape index (κ2) is 9.67. The van der Waals surface area contributed by atoms with Crippen LogP contribution in [-0.2, 0) is 21.5 Å². The Morgan fingerprint density at radius 3 is 2.40 bits per heavy atom. The summed E-state index contributed by atoms with van der Waals surface area (Å²) >= 11 is 0. The van der Waals surface area contributed by atoms with Crippen LogP contribution in [0, 0.1) is 23.0 Å². The van der Waals surface area contributed by atoms with E-state index in [4.69, 9.17) is 0 Å². The Hall–Kier alpha value is -5.29. The van der Waals surface area contributed by atoms with E-state index in [1.165, 1.54) is 23.1 Å². The van der Waals surface area contributed by atoms with Crippen molar-refractivity contribution in [1.29, 1.82) is 5.26 Å². The van der Waals surface area contributed by atoms with Crippen molar-refractivity contribution in [3.8, 4) is 6.07 Å². The molecule has 3 aliphatic rings. The molecule has 206 valence electrons. The fourth-order valence-electron chi connectivity index (χ4n) is 6.65. The molecule has 2 aliphatic heterocycles. The normalized spacial score (nSPS) is 19.8. The Morgan fingerprint density at radius 2 is 1.64 bits per heavy atom. The highest BCUT2D eigenvalue weighted by molar-refractivity contribution is 6.22. The van der Waals surface area contributed by atoms with Crippen molar-refractivity contribution in [2.75, 3.05) is 9.80 Å². The molecule has 3 aromatic carbocycles. The van der Waals surface area contributed by atoms with Crippen LogP contribution in [0.3, 0.4) is 0 Å². The number of para-hydroxylation sites is 1. The SMILES string of the molecule is N#CC1=C(n2cccc2)N(c2cccc(F)c2)C2=C(C(=O)CCC2)[C@@]12C(=O)N(Cc1ccccc1F)c1ccccc12. The summed E-state index contributed by atoms with van der Waals surface area (Å²) in [4.78, 5) is 32.2. The van der Waals surface area contributed by atoms with E-state index < -0.39 is 23.0 Å². The van der Waals surface area contributed by atoms with Crippen LogP contribution in [0.4, 0.5) is 20.2 Å². The van der Waals surface area contributed by atoms with Gasteiger partial charge in [-0.15, -0.1) is 0 Å². The summed E-state index contributed by atoms with van der Waals surface area (Å²) in [6.45, 7) is -0.0771. The topological polar surface area (TPSA) is 69.3 Å². The molecule has 7 rings (SSSR count). The van der Waals surface area contributed by atoms with Crippen molar-refractivity contribution >= 4 is 28.9 Å². The minimum atomic E-state index is -1.76. The number of Topliss-reactive ketones (excluding diaryl/α,β-unsaturated/α-hetero) is 1. The van der Waals surface area contributed by atoms with E-state index in [2.05, 4.69) is 6.07 Å². The van der Waals surface area contributed by atoms with Crippen LogP contribution >= 0.6 is 0 Å². The van der Waals surface area contributed by atoms with Crippen molar-refractivity contribution < 1.29 is 18.4 Å². The number of allylic oxidation sites excluding steroid dienone is 1. The average molecular weight is 559 g/mol. The highest BCUT2D eigenvalue weighted by atomic mass is 19.1. The number of nitrogens with zero attached hydrogens (tertiary/aromatic N) is 4. The number of aromatic nitrogens is 1. The summed E-state index contributed by atoms with van der Waals surface area (Å²) in [6, 6.07) is 25.2. The van der Waals surface area contributed by atoms with Gasteiger partial charge in [0.2, 0.25) is 5.91 Å². The smallest absolute Gasteiger partial charge is 0.248 e. The number of fused-ring (bicyclic) bond motifs is 3. The number of carbonyl (C=O) groups excluding carboxylic acids is 2. The Labute approximate surface area is 241 Å². The highest BCUT2D eigenvalue weighted by Crippen LogP contribution is 2.58. The van der Waals surface area contributed by atoms with Crippen LogP contribution in [-0.4, -0.2) is 16.3 Å². The maximum absolute atomic E-state index is 15.0. The minimum Gasteiger partial charge on any atom is -0.309 e. The molecule has 3 heterocycles. The molecule has 0 radical (unpaired) electrons. The van der Waals surface area contributed by atoms with Gasteiger partial charge in [-0.2, -0.15) is 5.26 Å². The molecule has 1 atom stereocenters. The largest absolute Gasteiger partial charge is 0.309 e. The standard InChI is InChI=1S/C34H24F2N4O2/c35-23-10-7-11-24(19-23)40-29-15-8-16-30(41)31(29)34(26(20-37)32(40)38-17-5-6-18-38)25-12-2-4-14-28(25)39(33(34)42)21-22-9-1-3-13-27(22)36/h1-7,9-14,17-19H,8,15-16,21H2/t34-/m0/s1. The molecule has 0 N–H and O–H groups in total. The summed E-state index contributed by atoms with van der Waals surface area (Å²) in [5, 5.41) is 11.0. The summed E-state index contributed by atoms with van der Waals surface area (Å²) < 4.78 is 31.2. The maximum atomic E-state index is 15.0. The molecule has 1 amide bonds. The fourth-order valence-corrected chi connectivity index (χ4v) is 6.65. The first-order valence-corrected chi connectivity index (χ1v) is 13.7. The molecular weight excluding hydrogens is 534 g/mol. The zero-order chi connectivity index (χ0) is 29.0. The molecule has 6 nitrogen and oxygen atoms in total. The third-order valence-corrected chi connectivity index (χ3v) is 8.32. The number of hydrogen-bond acceptors (Lipinski definition) is 4. The van der Waals surface area contributed by atoms with Crippen LogP contribution in [0.5, 0.6) is 0 Å². The highest BCUT2D eigenvalue weighted by Gasteiger charge is 2.62. The van der Waals surface area contributed by atoms with Crippen molar-refractivity contribution in [2.45, 2.75) is 31.2 Å². The van der Waals surface area contributed by atoms with E-state index in [9.17, 15) is 23.6 Å². The van der Waals surface area contributed by atoms with E-state index in [0.717, 1.165) is 0 Å². The molecule has 0 fully saturated rings. The van der Waals surface area contributed by atoms with Gasteiger partial charge in [0, 0.05) is 46.9 Å². The summed E-state index contributed by atoms with van der Waals surface area (Å²) in [5.41, 5.74) is 0.814. The van der Waals surface area contributed by atoms with Gasteiger partial charge in [0.25, 0.3) is 0 Å². The lowest BCUT2D eigenvalue weighted by Gasteiger charge is -2.45. The quantitative estimate of drug-likeness (QED) is 0.288. The number of benzene rings is 3. The predicted octanol–water partition coefficient (Wildman–Crippen LogP) is 6.47. The first kappa shape index (κ1) is 25.7. The van der Waals surface area contributed by atoms with Gasteiger partial charge in [-0.25, -0.2) is 8.78 Å². The molecule has 42 heavy (non-hydrogen) atoms. The van der Waals surface area contributed by atoms with Gasteiger partial charge in [0.15, 0.2) is 5.78 Å². The summed E-state index contributed by atoms with van der Waals surface area (Å²) in [7, 11) is 0. The Morgan fingerprint density at radius 1 is 0.881 bits per heavy atom. The molecular formula is C34H24F2N4O2. The van der Waals surface area contributed by atoms with Crippen molar-refractivity contribution in [1.82, 2.24) is 4.57 Å². The number of ketones is 1. The third kappa shape index (κ3) is 3.53. The average Bonchev–Trinajstić information content (AvgIpc) is 3.61. The van der Waals surface area contributed by atoms with Crippen molar-refractivity contribution in [3.05, 3.63) is 137 Å². The van der Waals surface area contributed by atoms with Crippen LogP contribution in [0.1, 0.15) is 30.4 Å². The number of anilines is 2. The van der Waals surface area contributed by atoms with E-state index in [1.807, 2.05) is 0 Å². The van der Waals surface area contributed by atoms with Crippen LogP contribution < -0.4 is 9.80 Å². The second-order valence-electron chi connectivity index (χ2n) is 10.6. The predicted molar refractivity (Wildman–Crippen MR) is 154 cm³/mol. The number of rotatable bonds is 4.